The zero-order valence-electron chi connectivity index (χ0n) is 8.12. The second-order valence-electron chi connectivity index (χ2n) is 3.03. The molecule has 0 aliphatic heterocycles. The van der Waals surface area contributed by atoms with Gasteiger partial charge in [0, 0.05) is 12.2 Å². The van der Waals surface area contributed by atoms with Crippen LogP contribution in [0.3, 0.4) is 0 Å². The summed E-state index contributed by atoms with van der Waals surface area (Å²) in [6, 6.07) is 3.96. The minimum absolute atomic E-state index is 0.0260. The molecule has 2 N–H and O–H groups in total. The van der Waals surface area contributed by atoms with E-state index in [4.69, 9.17) is 5.73 Å². The highest BCUT2D eigenvalue weighted by Gasteiger charge is 2.03. The van der Waals surface area contributed by atoms with E-state index in [2.05, 4.69) is 14.3 Å². The van der Waals surface area contributed by atoms with Crippen LogP contribution in [-0.4, -0.2) is 14.3 Å². The lowest BCUT2D eigenvalue weighted by Gasteiger charge is -2.04. The van der Waals surface area contributed by atoms with Gasteiger partial charge in [-0.25, -0.2) is 9.97 Å². The van der Waals surface area contributed by atoms with Crippen LogP contribution >= 0.6 is 23.3 Å². The molecule has 1 atom stereocenters. The van der Waals surface area contributed by atoms with Crippen molar-refractivity contribution in [3.63, 3.8) is 0 Å². The Morgan fingerprint density at radius 1 is 1.40 bits per heavy atom. The van der Waals surface area contributed by atoms with Gasteiger partial charge in [-0.05, 0) is 41.8 Å². The number of rotatable bonds is 3. The van der Waals surface area contributed by atoms with Crippen LogP contribution in [-0.2, 0) is 0 Å². The molecule has 2 rings (SSSR count). The van der Waals surface area contributed by atoms with Crippen LogP contribution in [0, 0.1) is 0 Å². The van der Waals surface area contributed by atoms with E-state index in [1.165, 1.54) is 23.3 Å². The lowest BCUT2D eigenvalue weighted by Crippen LogP contribution is -2.04. The highest BCUT2D eigenvalue weighted by molar-refractivity contribution is 8.00. The SMILES string of the molecule is C[C@H](N)c1ccc(Sc2ncns2)nc1. The van der Waals surface area contributed by atoms with Crippen LogP contribution in [0.2, 0.25) is 0 Å². The van der Waals surface area contributed by atoms with Gasteiger partial charge in [0.05, 0.1) is 0 Å². The third kappa shape index (κ3) is 2.74. The average Bonchev–Trinajstić information content (AvgIpc) is 2.71. The molecule has 0 unspecified atom stereocenters. The maximum Gasteiger partial charge on any atom is 0.175 e. The zero-order valence-corrected chi connectivity index (χ0v) is 9.76. The molecule has 2 aromatic rings. The van der Waals surface area contributed by atoms with E-state index in [-0.39, 0.29) is 6.04 Å². The minimum Gasteiger partial charge on any atom is -0.324 e. The molecule has 0 bridgehead atoms. The van der Waals surface area contributed by atoms with Crippen molar-refractivity contribution in [2.24, 2.45) is 5.73 Å². The Kier molecular flexibility index (Phi) is 3.30. The summed E-state index contributed by atoms with van der Waals surface area (Å²) in [4.78, 5) is 8.37. The van der Waals surface area contributed by atoms with Gasteiger partial charge in [0.2, 0.25) is 0 Å². The van der Waals surface area contributed by atoms with Crippen LogP contribution in [0.15, 0.2) is 34.0 Å². The fraction of sp³-hybridized carbons (Fsp3) is 0.222. The normalized spacial score (nSPS) is 12.7. The number of hydrogen-bond acceptors (Lipinski definition) is 6. The van der Waals surface area contributed by atoms with Gasteiger partial charge in [-0.3, -0.25) is 0 Å². The van der Waals surface area contributed by atoms with Crippen molar-refractivity contribution < 1.29 is 0 Å². The predicted octanol–water partition coefficient (Wildman–Crippen LogP) is 2.10. The quantitative estimate of drug-likeness (QED) is 0.887. The van der Waals surface area contributed by atoms with E-state index in [0.29, 0.717) is 0 Å². The predicted molar refractivity (Wildman–Crippen MR) is 60.9 cm³/mol. The smallest absolute Gasteiger partial charge is 0.175 e. The molecule has 0 fully saturated rings. The summed E-state index contributed by atoms with van der Waals surface area (Å²) in [6.07, 6.45) is 3.34. The largest absolute Gasteiger partial charge is 0.324 e. The molecule has 0 amide bonds. The number of pyridine rings is 1. The summed E-state index contributed by atoms with van der Waals surface area (Å²) in [5.41, 5.74) is 6.77. The van der Waals surface area contributed by atoms with Gasteiger partial charge >= 0.3 is 0 Å². The Bertz CT molecular complexity index is 410. The number of hydrogen-bond donors (Lipinski definition) is 1. The molecule has 2 heterocycles. The summed E-state index contributed by atoms with van der Waals surface area (Å²) >= 11 is 2.87. The Morgan fingerprint density at radius 3 is 2.80 bits per heavy atom. The molecule has 15 heavy (non-hydrogen) atoms. The van der Waals surface area contributed by atoms with E-state index in [1.807, 2.05) is 19.1 Å². The second-order valence-corrected chi connectivity index (χ2v) is 5.08. The van der Waals surface area contributed by atoms with Crippen molar-refractivity contribution >= 4 is 23.3 Å². The molecule has 0 aliphatic carbocycles. The van der Waals surface area contributed by atoms with E-state index in [0.717, 1.165) is 14.9 Å². The van der Waals surface area contributed by atoms with Gasteiger partial charge in [0.1, 0.15) is 11.4 Å². The van der Waals surface area contributed by atoms with Crippen molar-refractivity contribution in [2.75, 3.05) is 0 Å². The van der Waals surface area contributed by atoms with E-state index < -0.39 is 0 Å². The van der Waals surface area contributed by atoms with E-state index in [1.54, 1.807) is 12.5 Å². The van der Waals surface area contributed by atoms with Gasteiger partial charge in [0.15, 0.2) is 4.34 Å². The summed E-state index contributed by atoms with van der Waals surface area (Å²) in [6.45, 7) is 1.94. The minimum atomic E-state index is 0.0260. The number of nitrogens with two attached hydrogens (primary N) is 1. The number of nitrogens with zero attached hydrogens (tertiary/aromatic N) is 3. The van der Waals surface area contributed by atoms with E-state index in [9.17, 15) is 0 Å². The van der Waals surface area contributed by atoms with Gasteiger partial charge < -0.3 is 5.73 Å². The molecule has 6 heteroatoms. The van der Waals surface area contributed by atoms with Gasteiger partial charge in [-0.2, -0.15) is 4.37 Å². The molecule has 0 radical (unpaired) electrons. The molecule has 0 aromatic carbocycles. The Morgan fingerprint density at radius 2 is 2.27 bits per heavy atom. The first kappa shape index (κ1) is 10.5. The Balaban J connectivity index is 2.11. The zero-order chi connectivity index (χ0) is 10.7. The lowest BCUT2D eigenvalue weighted by atomic mass is 10.2. The molecule has 0 saturated carbocycles. The lowest BCUT2D eigenvalue weighted by molar-refractivity contribution is 0.806. The fourth-order valence-corrected chi connectivity index (χ4v) is 2.35. The summed E-state index contributed by atoms with van der Waals surface area (Å²) < 4.78 is 4.83. The fourth-order valence-electron chi connectivity index (χ4n) is 1.02. The van der Waals surface area contributed by atoms with Crippen LogP contribution < -0.4 is 5.73 Å². The Hall–Kier alpha value is -0.980. The average molecular weight is 238 g/mol. The highest BCUT2D eigenvalue weighted by Crippen LogP contribution is 2.26. The van der Waals surface area contributed by atoms with Crippen molar-refractivity contribution in [1.29, 1.82) is 0 Å². The summed E-state index contributed by atoms with van der Waals surface area (Å²) in [7, 11) is 0. The van der Waals surface area contributed by atoms with Gasteiger partial charge in [0.25, 0.3) is 0 Å². The monoisotopic (exact) mass is 238 g/mol. The standard InChI is InChI=1S/C9H10N4S2/c1-6(10)7-2-3-8(11-4-7)14-9-12-5-13-15-9/h2-6H,10H2,1H3/t6-/m0/s1. The van der Waals surface area contributed by atoms with Crippen LogP contribution in [0.4, 0.5) is 0 Å². The topological polar surface area (TPSA) is 64.7 Å². The molecule has 4 nitrogen and oxygen atoms in total. The first-order valence-electron chi connectivity index (χ1n) is 4.42. The first-order chi connectivity index (χ1) is 7.25. The van der Waals surface area contributed by atoms with Crippen molar-refractivity contribution in [3.8, 4) is 0 Å². The maximum atomic E-state index is 5.73. The Labute approximate surface area is 96.1 Å². The maximum absolute atomic E-state index is 5.73. The van der Waals surface area contributed by atoms with Crippen LogP contribution in [0.5, 0.6) is 0 Å². The third-order valence-corrected chi connectivity index (χ3v) is 3.48. The molecule has 78 valence electrons. The summed E-state index contributed by atoms with van der Waals surface area (Å²) in [5.74, 6) is 0. The molecular formula is C9H10N4S2. The van der Waals surface area contributed by atoms with Gasteiger partial charge in [-0.1, -0.05) is 6.07 Å². The molecule has 0 saturated heterocycles. The summed E-state index contributed by atoms with van der Waals surface area (Å²) in [5, 5.41) is 0.913. The highest BCUT2D eigenvalue weighted by atomic mass is 32.2. The molecule has 0 spiro atoms. The van der Waals surface area contributed by atoms with Crippen LogP contribution in [0.1, 0.15) is 18.5 Å². The third-order valence-electron chi connectivity index (χ3n) is 1.82. The second kappa shape index (κ2) is 4.69. The van der Waals surface area contributed by atoms with Crippen molar-refractivity contribution in [3.05, 3.63) is 30.2 Å². The van der Waals surface area contributed by atoms with Crippen LogP contribution in [0.25, 0.3) is 0 Å². The molecule has 2 aromatic heterocycles. The molecule has 0 aliphatic rings. The van der Waals surface area contributed by atoms with E-state index >= 15 is 0 Å². The first-order valence-corrected chi connectivity index (χ1v) is 6.01. The van der Waals surface area contributed by atoms with Crippen molar-refractivity contribution in [1.82, 2.24) is 14.3 Å². The van der Waals surface area contributed by atoms with Crippen molar-refractivity contribution in [2.45, 2.75) is 22.3 Å². The van der Waals surface area contributed by atoms with Gasteiger partial charge in [-0.15, -0.1) is 0 Å². The number of aromatic nitrogens is 3. The molecular weight excluding hydrogens is 228 g/mol.